The zero-order chi connectivity index (χ0) is 8.91. The summed E-state index contributed by atoms with van der Waals surface area (Å²) in [5.41, 5.74) is 0. The third kappa shape index (κ3) is 19.3. The molecule has 0 amide bonds. The minimum Gasteiger partial charge on any atom is -1.00 e. The topological polar surface area (TPSA) is 26.3 Å². The Bertz CT molecular complexity index is 159. The van der Waals surface area contributed by atoms with Crippen molar-refractivity contribution in [2.45, 2.75) is 36.6 Å². The summed E-state index contributed by atoms with van der Waals surface area (Å²) in [5, 5.41) is 0. The molecular formula is C12H32BrNO2. The van der Waals surface area contributed by atoms with E-state index >= 15 is 0 Å². The van der Waals surface area contributed by atoms with Crippen LogP contribution in [-0.2, 0) is 9.53 Å². The number of ether oxygens (including phenoxy) is 1. The van der Waals surface area contributed by atoms with Crippen LogP contribution < -0.4 is 17.0 Å². The molecule has 0 unspecified atom stereocenters. The standard InChI is InChI=1S/C8H16NO2.4CH4.BrH/c1-5-8(10)11-7-9(3,4)6-2;;;;;/h5H,1,6-7H2,2-4H3;4*1H4;1H/q+1;;;;;/p-1. The smallest absolute Gasteiger partial charge is 0.334 e. The van der Waals surface area contributed by atoms with Crippen molar-refractivity contribution in [3.63, 3.8) is 0 Å². The zero-order valence-electron chi connectivity index (χ0n) is 7.84. The second-order valence-corrected chi connectivity index (χ2v) is 3.05. The highest BCUT2D eigenvalue weighted by Gasteiger charge is 2.12. The first-order valence-electron chi connectivity index (χ1n) is 3.63. The normalized spacial score (nSPS) is 7.44. The van der Waals surface area contributed by atoms with Crippen molar-refractivity contribution >= 4 is 5.97 Å². The molecule has 0 aromatic carbocycles. The lowest BCUT2D eigenvalue weighted by Crippen LogP contribution is -3.00. The number of esters is 1. The molecule has 16 heavy (non-hydrogen) atoms. The molecule has 104 valence electrons. The lowest BCUT2D eigenvalue weighted by Gasteiger charge is -2.26. The van der Waals surface area contributed by atoms with E-state index in [1.54, 1.807) is 0 Å². The lowest BCUT2D eigenvalue weighted by atomic mass is 10.5. The van der Waals surface area contributed by atoms with E-state index in [0.29, 0.717) is 11.2 Å². The fourth-order valence-electron chi connectivity index (χ4n) is 0.389. The lowest BCUT2D eigenvalue weighted by molar-refractivity contribution is -0.905. The molecule has 0 aromatic heterocycles. The summed E-state index contributed by atoms with van der Waals surface area (Å²) in [7, 11) is 3.99. The average Bonchev–Trinajstić information content (AvgIpc) is 2.00. The SMILES string of the molecule is C.C.C.C.C=CC(=O)OC[N+](C)(C)CC.[Br-]. The summed E-state index contributed by atoms with van der Waals surface area (Å²) in [4.78, 5) is 10.6. The van der Waals surface area contributed by atoms with Crippen LogP contribution in [0, 0.1) is 0 Å². The molecule has 0 atom stereocenters. The van der Waals surface area contributed by atoms with Crippen molar-refractivity contribution in [2.24, 2.45) is 0 Å². The van der Waals surface area contributed by atoms with Crippen molar-refractivity contribution in [1.82, 2.24) is 0 Å². The Kier molecular flexibility index (Phi) is 38.5. The second-order valence-electron chi connectivity index (χ2n) is 3.05. The molecule has 0 aliphatic rings. The van der Waals surface area contributed by atoms with Crippen LogP contribution in [0.1, 0.15) is 36.6 Å². The van der Waals surface area contributed by atoms with Gasteiger partial charge in [-0.2, -0.15) is 0 Å². The quantitative estimate of drug-likeness (QED) is 0.323. The van der Waals surface area contributed by atoms with Gasteiger partial charge in [0.25, 0.3) is 0 Å². The number of nitrogens with zero attached hydrogens (tertiary/aromatic N) is 1. The largest absolute Gasteiger partial charge is 1.00 e. The zero-order valence-corrected chi connectivity index (χ0v) is 9.43. The molecule has 0 heterocycles. The Morgan fingerprint density at radius 1 is 1.25 bits per heavy atom. The van der Waals surface area contributed by atoms with Crippen LogP contribution in [0.3, 0.4) is 0 Å². The fourth-order valence-corrected chi connectivity index (χ4v) is 0.389. The van der Waals surface area contributed by atoms with Gasteiger partial charge in [0, 0.05) is 6.08 Å². The number of hydrogen-bond acceptors (Lipinski definition) is 2. The Labute approximate surface area is 114 Å². The molecule has 0 fully saturated rings. The molecule has 0 aliphatic heterocycles. The molecule has 0 radical (unpaired) electrons. The van der Waals surface area contributed by atoms with Gasteiger partial charge in [-0.3, -0.25) is 4.48 Å². The van der Waals surface area contributed by atoms with Gasteiger partial charge in [-0.05, 0) is 6.92 Å². The van der Waals surface area contributed by atoms with Gasteiger partial charge in [0.05, 0.1) is 20.6 Å². The van der Waals surface area contributed by atoms with Crippen molar-refractivity contribution in [1.29, 1.82) is 0 Å². The molecular weight excluding hydrogens is 270 g/mol. The van der Waals surface area contributed by atoms with E-state index in [2.05, 4.69) is 6.58 Å². The number of rotatable bonds is 4. The van der Waals surface area contributed by atoms with Gasteiger partial charge < -0.3 is 21.7 Å². The van der Waals surface area contributed by atoms with E-state index in [4.69, 9.17) is 4.74 Å². The highest BCUT2D eigenvalue weighted by atomic mass is 79.9. The number of carbonyl (C=O) groups excluding carboxylic acids is 1. The summed E-state index contributed by atoms with van der Waals surface area (Å²) in [6, 6.07) is 0. The first-order valence-corrected chi connectivity index (χ1v) is 3.63. The maximum atomic E-state index is 10.6. The van der Waals surface area contributed by atoms with Gasteiger partial charge in [0.2, 0.25) is 6.73 Å². The number of carbonyl (C=O) groups is 1. The Morgan fingerprint density at radius 2 is 1.62 bits per heavy atom. The van der Waals surface area contributed by atoms with Crippen LogP contribution in [0.15, 0.2) is 12.7 Å². The van der Waals surface area contributed by atoms with Crippen molar-refractivity contribution in [3.8, 4) is 0 Å². The Hall–Kier alpha value is -0.350. The predicted molar refractivity (Wildman–Crippen MR) is 70.7 cm³/mol. The fraction of sp³-hybridized carbons (Fsp3) is 0.750. The van der Waals surface area contributed by atoms with E-state index < -0.39 is 0 Å². The average molecular weight is 302 g/mol. The molecule has 3 nitrogen and oxygen atoms in total. The summed E-state index contributed by atoms with van der Waals surface area (Å²) in [5.74, 6) is -0.357. The first kappa shape index (κ1) is 36.1. The van der Waals surface area contributed by atoms with Crippen LogP contribution >= 0.6 is 0 Å². The number of hydrogen-bond donors (Lipinski definition) is 0. The second kappa shape index (κ2) is 17.1. The number of quaternary nitrogens is 1. The number of halogens is 1. The third-order valence-corrected chi connectivity index (χ3v) is 1.58. The van der Waals surface area contributed by atoms with Gasteiger partial charge >= 0.3 is 5.97 Å². The predicted octanol–water partition coefficient (Wildman–Crippen LogP) is 0.318. The van der Waals surface area contributed by atoms with Crippen LogP contribution in [0.5, 0.6) is 0 Å². The molecule has 0 aromatic rings. The van der Waals surface area contributed by atoms with Crippen LogP contribution in [0.4, 0.5) is 0 Å². The van der Waals surface area contributed by atoms with E-state index in [1.165, 1.54) is 6.08 Å². The first-order chi connectivity index (χ1) is 5.02. The molecule has 0 saturated carbocycles. The van der Waals surface area contributed by atoms with Gasteiger partial charge in [0.15, 0.2) is 0 Å². The van der Waals surface area contributed by atoms with Gasteiger partial charge in [0.1, 0.15) is 0 Å². The van der Waals surface area contributed by atoms with Crippen LogP contribution in [-0.4, -0.2) is 37.8 Å². The maximum Gasteiger partial charge on any atom is 0.334 e. The molecule has 0 spiro atoms. The van der Waals surface area contributed by atoms with Crippen LogP contribution in [0.25, 0.3) is 0 Å². The summed E-state index contributed by atoms with van der Waals surface area (Å²) >= 11 is 0. The van der Waals surface area contributed by atoms with Crippen molar-refractivity contribution < 1.29 is 31.0 Å². The molecule has 0 N–H and O–H groups in total. The van der Waals surface area contributed by atoms with E-state index in [-0.39, 0.29) is 52.7 Å². The minimum atomic E-state index is -0.357. The minimum absolute atomic E-state index is 0. The summed E-state index contributed by atoms with van der Waals surface area (Å²) in [6.07, 6.45) is 1.18. The van der Waals surface area contributed by atoms with E-state index in [9.17, 15) is 4.79 Å². The van der Waals surface area contributed by atoms with E-state index in [1.807, 2.05) is 21.0 Å². The summed E-state index contributed by atoms with van der Waals surface area (Å²) < 4.78 is 5.54. The van der Waals surface area contributed by atoms with Gasteiger partial charge in [-0.25, -0.2) is 4.79 Å². The van der Waals surface area contributed by atoms with E-state index in [0.717, 1.165) is 6.54 Å². The molecule has 0 aliphatic carbocycles. The summed E-state index contributed by atoms with van der Waals surface area (Å²) in [6.45, 7) is 6.69. The maximum absolute atomic E-state index is 10.6. The highest BCUT2D eigenvalue weighted by molar-refractivity contribution is 5.81. The Balaban J connectivity index is -0.0000000500. The molecule has 0 rings (SSSR count). The Morgan fingerprint density at radius 3 is 1.88 bits per heavy atom. The third-order valence-electron chi connectivity index (χ3n) is 1.58. The van der Waals surface area contributed by atoms with Gasteiger partial charge in [-0.15, -0.1) is 0 Å². The monoisotopic (exact) mass is 301 g/mol. The van der Waals surface area contributed by atoms with Crippen molar-refractivity contribution in [2.75, 3.05) is 27.4 Å². The molecule has 0 bridgehead atoms. The molecule has 4 heteroatoms. The van der Waals surface area contributed by atoms with Gasteiger partial charge in [-0.1, -0.05) is 36.3 Å². The molecule has 0 saturated heterocycles. The highest BCUT2D eigenvalue weighted by Crippen LogP contribution is 1.95. The van der Waals surface area contributed by atoms with Crippen LogP contribution in [0.2, 0.25) is 0 Å². The van der Waals surface area contributed by atoms with Crippen molar-refractivity contribution in [3.05, 3.63) is 12.7 Å².